The molecule has 0 aromatic heterocycles. The van der Waals surface area contributed by atoms with E-state index < -0.39 is 16.1 Å². The van der Waals surface area contributed by atoms with Gasteiger partial charge in [0, 0.05) is 0 Å². The average Bonchev–Trinajstić information content (AvgIpc) is 3.27. The molecule has 0 aliphatic rings. The number of nitrogens with zero attached hydrogens (tertiary/aromatic N) is 2. The van der Waals surface area contributed by atoms with Gasteiger partial charge in [0.05, 0.1) is 38.9 Å². The second kappa shape index (κ2) is 34.2. The van der Waals surface area contributed by atoms with Crippen molar-refractivity contribution in [2.24, 2.45) is 9.98 Å². The summed E-state index contributed by atoms with van der Waals surface area (Å²) in [5.41, 5.74) is 7.01. The summed E-state index contributed by atoms with van der Waals surface area (Å²) in [7, 11) is -2.62. The van der Waals surface area contributed by atoms with Gasteiger partial charge in [0.2, 0.25) is 0 Å². The van der Waals surface area contributed by atoms with Crippen LogP contribution in [0.1, 0.15) is 208 Å². The van der Waals surface area contributed by atoms with Gasteiger partial charge in [-0.2, -0.15) is 0 Å². The lowest BCUT2D eigenvalue weighted by atomic mass is 10.0. The Labute approximate surface area is 376 Å². The highest BCUT2D eigenvalue weighted by atomic mass is 28.3. The van der Waals surface area contributed by atoms with Crippen LogP contribution >= 0.6 is 0 Å². The fourth-order valence-electron chi connectivity index (χ4n) is 9.12. The van der Waals surface area contributed by atoms with E-state index in [0.29, 0.717) is 0 Å². The van der Waals surface area contributed by atoms with Crippen LogP contribution in [0.4, 0.5) is 11.4 Å². The second-order valence-electron chi connectivity index (χ2n) is 18.6. The van der Waals surface area contributed by atoms with Gasteiger partial charge in [0.1, 0.15) is 0 Å². The highest BCUT2D eigenvalue weighted by molar-refractivity contribution is 6.79. The SMILES string of the molecule is CCCCCCCC=CC(=Nc1cccc(C[Si](CC)(CC)CC)c1)C(C=CCCCCCCCCCCCCCCCCC)=Nc1cccc(C[Si](CC)(CC)CC)c1. The molecular formula is C56H96N2Si2. The number of unbranched alkanes of at least 4 members (excludes halogenated alkanes) is 20. The number of allylic oxidation sites excluding steroid dienone is 4. The predicted octanol–water partition coefficient (Wildman–Crippen LogP) is 19.4. The van der Waals surface area contributed by atoms with Crippen LogP contribution in [0.25, 0.3) is 0 Å². The molecule has 0 N–H and O–H groups in total. The van der Waals surface area contributed by atoms with E-state index in [-0.39, 0.29) is 0 Å². The minimum absolute atomic E-state index is 0.989. The highest BCUT2D eigenvalue weighted by Gasteiger charge is 2.28. The van der Waals surface area contributed by atoms with Gasteiger partial charge in [-0.25, -0.2) is 9.98 Å². The zero-order valence-electron chi connectivity index (χ0n) is 41.0. The van der Waals surface area contributed by atoms with E-state index in [4.69, 9.17) is 9.98 Å². The van der Waals surface area contributed by atoms with Crippen LogP contribution in [-0.2, 0) is 12.1 Å². The maximum absolute atomic E-state index is 5.47. The summed E-state index contributed by atoms with van der Waals surface area (Å²) < 4.78 is 0. The van der Waals surface area contributed by atoms with Crippen LogP contribution in [0, 0.1) is 0 Å². The van der Waals surface area contributed by atoms with Crippen LogP contribution in [0.5, 0.6) is 0 Å². The lowest BCUT2D eigenvalue weighted by Crippen LogP contribution is -2.34. The minimum Gasteiger partial charge on any atom is -0.247 e. The number of hydrogen-bond donors (Lipinski definition) is 0. The quantitative estimate of drug-likeness (QED) is 0.0368. The van der Waals surface area contributed by atoms with Crippen molar-refractivity contribution < 1.29 is 0 Å². The third kappa shape index (κ3) is 22.7. The molecule has 338 valence electrons. The molecule has 0 aliphatic heterocycles. The Morgan fingerprint density at radius 1 is 0.400 bits per heavy atom. The number of benzene rings is 2. The fourth-order valence-corrected chi connectivity index (χ4v) is 15.8. The van der Waals surface area contributed by atoms with E-state index in [1.54, 1.807) is 0 Å². The first kappa shape index (κ1) is 53.8. The van der Waals surface area contributed by atoms with E-state index in [9.17, 15) is 0 Å². The summed E-state index contributed by atoms with van der Waals surface area (Å²) in [6, 6.07) is 28.9. The summed E-state index contributed by atoms with van der Waals surface area (Å²) >= 11 is 0. The molecule has 4 heteroatoms. The normalized spacial score (nSPS) is 13.1. The van der Waals surface area contributed by atoms with Crippen molar-refractivity contribution in [1.82, 2.24) is 0 Å². The molecule has 2 nitrogen and oxygen atoms in total. The number of hydrogen-bond acceptors (Lipinski definition) is 2. The van der Waals surface area contributed by atoms with Gasteiger partial charge >= 0.3 is 0 Å². The molecule has 2 aromatic rings. The molecule has 0 saturated carbocycles. The Morgan fingerprint density at radius 3 is 1.00 bits per heavy atom. The molecule has 0 bridgehead atoms. The molecule has 0 aliphatic carbocycles. The number of aliphatic imine (C=N–C) groups is 2. The minimum atomic E-state index is -1.31. The Kier molecular flexibility index (Phi) is 30.7. The third-order valence-electron chi connectivity index (χ3n) is 14.2. The molecule has 0 atom stereocenters. The Hall–Kier alpha value is -2.31. The molecule has 0 spiro atoms. The predicted molar refractivity (Wildman–Crippen MR) is 280 cm³/mol. The Morgan fingerprint density at radius 2 is 0.700 bits per heavy atom. The lowest BCUT2D eigenvalue weighted by molar-refractivity contribution is 0.533. The van der Waals surface area contributed by atoms with E-state index in [1.807, 2.05) is 0 Å². The molecule has 0 unspecified atom stereocenters. The van der Waals surface area contributed by atoms with Crippen molar-refractivity contribution in [1.29, 1.82) is 0 Å². The molecule has 0 amide bonds. The molecule has 2 rings (SSSR count). The first-order valence-electron chi connectivity index (χ1n) is 26.0. The van der Waals surface area contributed by atoms with E-state index >= 15 is 0 Å². The van der Waals surface area contributed by atoms with Crippen molar-refractivity contribution in [3.05, 3.63) is 84.0 Å². The molecular weight excluding hydrogens is 757 g/mol. The summed E-state index contributed by atoms with van der Waals surface area (Å²) in [4.78, 5) is 10.9. The Bertz CT molecular complexity index is 1460. The van der Waals surface area contributed by atoms with Gasteiger partial charge in [0.25, 0.3) is 0 Å². The summed E-state index contributed by atoms with van der Waals surface area (Å²) in [6.45, 7) is 19.1. The summed E-state index contributed by atoms with van der Waals surface area (Å²) in [6.07, 6.45) is 39.0. The smallest absolute Gasteiger partial charge is 0.0890 e. The largest absolute Gasteiger partial charge is 0.247 e. The molecule has 0 saturated heterocycles. The molecule has 60 heavy (non-hydrogen) atoms. The van der Waals surface area contributed by atoms with Gasteiger partial charge in [-0.1, -0.05) is 244 Å². The lowest BCUT2D eigenvalue weighted by Gasteiger charge is -2.28. The standard InChI is InChI=1S/C56H96N2Si2/c1-9-17-19-21-23-24-25-26-27-28-29-30-31-32-34-36-38-46-56(58-54-44-40-42-52(48-54)50-60(14-6,15-7)16-8)55(45-37-35-33-22-20-18-10-2)57-53-43-39-41-51(47-53)49-59(11-3,12-4)13-5/h37-48H,9-36,49-50H2,1-8H3. The van der Waals surface area contributed by atoms with Gasteiger partial charge < -0.3 is 0 Å². The summed E-state index contributed by atoms with van der Waals surface area (Å²) in [5, 5.41) is 0. The monoisotopic (exact) mass is 853 g/mol. The molecule has 0 radical (unpaired) electrons. The molecule has 2 aromatic carbocycles. The molecule has 0 heterocycles. The van der Waals surface area contributed by atoms with Crippen molar-refractivity contribution in [2.45, 2.75) is 245 Å². The van der Waals surface area contributed by atoms with E-state index in [2.05, 4.69) is 128 Å². The van der Waals surface area contributed by atoms with Gasteiger partial charge in [-0.05, 0) is 85.3 Å². The van der Waals surface area contributed by atoms with Crippen LogP contribution in [0.15, 0.2) is 82.8 Å². The highest BCUT2D eigenvalue weighted by Crippen LogP contribution is 2.29. The van der Waals surface area contributed by atoms with Crippen LogP contribution < -0.4 is 0 Å². The zero-order chi connectivity index (χ0) is 43.6. The second-order valence-corrected chi connectivity index (χ2v) is 29.5. The van der Waals surface area contributed by atoms with Crippen molar-refractivity contribution in [2.75, 3.05) is 0 Å². The van der Waals surface area contributed by atoms with Crippen molar-refractivity contribution in [3.63, 3.8) is 0 Å². The zero-order valence-corrected chi connectivity index (χ0v) is 43.0. The van der Waals surface area contributed by atoms with Gasteiger partial charge in [-0.15, -0.1) is 0 Å². The van der Waals surface area contributed by atoms with Crippen LogP contribution in [0.2, 0.25) is 36.3 Å². The first-order valence-corrected chi connectivity index (χ1v) is 31.7. The maximum atomic E-state index is 5.47. The average molecular weight is 854 g/mol. The maximum Gasteiger partial charge on any atom is 0.0890 e. The molecule has 0 fully saturated rings. The van der Waals surface area contributed by atoms with Crippen molar-refractivity contribution in [3.8, 4) is 0 Å². The summed E-state index contributed by atoms with van der Waals surface area (Å²) in [5.74, 6) is 0. The number of rotatable bonds is 37. The third-order valence-corrected chi connectivity index (χ3v) is 25.6. The van der Waals surface area contributed by atoms with E-state index in [1.165, 1.54) is 188 Å². The van der Waals surface area contributed by atoms with Gasteiger partial charge in [0.15, 0.2) is 0 Å². The first-order chi connectivity index (χ1) is 29.4. The van der Waals surface area contributed by atoms with E-state index in [0.717, 1.165) is 35.6 Å². The topological polar surface area (TPSA) is 24.7 Å². The van der Waals surface area contributed by atoms with Crippen molar-refractivity contribution >= 4 is 38.9 Å². The van der Waals surface area contributed by atoms with Crippen LogP contribution in [0.3, 0.4) is 0 Å². The van der Waals surface area contributed by atoms with Gasteiger partial charge in [-0.3, -0.25) is 0 Å². The van der Waals surface area contributed by atoms with Crippen LogP contribution in [-0.4, -0.2) is 27.6 Å². The fraction of sp³-hybridized carbons (Fsp3) is 0.679. The Balaban J connectivity index is 2.30.